The molecule has 0 aliphatic carbocycles. The number of rotatable bonds is 4. The molecule has 1 aliphatic heterocycles. The van der Waals surface area contributed by atoms with Gasteiger partial charge in [-0.15, -0.1) is 0 Å². The van der Waals surface area contributed by atoms with Gasteiger partial charge in [0.15, 0.2) is 5.11 Å². The van der Waals surface area contributed by atoms with Crippen LogP contribution in [0.1, 0.15) is 40.2 Å². The third-order valence-electron chi connectivity index (χ3n) is 6.03. The summed E-state index contributed by atoms with van der Waals surface area (Å²) in [7, 11) is 0. The van der Waals surface area contributed by atoms with E-state index in [4.69, 9.17) is 28.2 Å². The average molecular weight is 474 g/mol. The number of aryl methyl sites for hydroxylation is 2. The zero-order chi connectivity index (χ0) is 23.1. The summed E-state index contributed by atoms with van der Waals surface area (Å²) in [6.07, 6.45) is 1.81. The minimum atomic E-state index is -0.193. The standard InChI is InChI=1S/C27H24ClN3OS/c1-16-13-17(2)15-19(14-16)31-26(25(30-27(31)33)22-9-4-5-12-29-22)24-11-10-23(32-24)20-7-6-8-21(28)18(20)3/h4-15,25-26H,1-3H3,(H,30,33)/t25-,26-/m1/s1. The molecule has 6 heteroatoms. The van der Waals surface area contributed by atoms with Gasteiger partial charge in [-0.3, -0.25) is 4.98 Å². The van der Waals surface area contributed by atoms with E-state index in [2.05, 4.69) is 47.2 Å². The molecular formula is C27H24ClN3OS. The van der Waals surface area contributed by atoms with Gasteiger partial charge in [0.25, 0.3) is 0 Å². The SMILES string of the molecule is Cc1cc(C)cc(N2C(=S)N[C@H](c3ccccn3)[C@H]2c2ccc(-c3cccc(Cl)c3C)o2)c1. The summed E-state index contributed by atoms with van der Waals surface area (Å²) in [6.45, 7) is 6.20. The number of furan rings is 1. The minimum absolute atomic E-state index is 0.154. The van der Waals surface area contributed by atoms with E-state index in [1.54, 1.807) is 6.20 Å². The van der Waals surface area contributed by atoms with Gasteiger partial charge in [-0.05, 0) is 92.1 Å². The van der Waals surface area contributed by atoms with Crippen LogP contribution < -0.4 is 10.2 Å². The zero-order valence-electron chi connectivity index (χ0n) is 18.7. The summed E-state index contributed by atoms with van der Waals surface area (Å²) in [6, 6.07) is 21.9. The van der Waals surface area contributed by atoms with Crippen LogP contribution >= 0.6 is 23.8 Å². The normalized spacial score (nSPS) is 17.9. The van der Waals surface area contributed by atoms with Crippen molar-refractivity contribution in [3.63, 3.8) is 0 Å². The first-order chi connectivity index (χ1) is 15.9. The van der Waals surface area contributed by atoms with Crippen LogP contribution in [0.4, 0.5) is 5.69 Å². The average Bonchev–Trinajstić information content (AvgIpc) is 3.40. The number of halogens is 1. The van der Waals surface area contributed by atoms with Crippen molar-refractivity contribution >= 4 is 34.6 Å². The predicted molar refractivity (Wildman–Crippen MR) is 138 cm³/mol. The topological polar surface area (TPSA) is 41.3 Å². The first kappa shape index (κ1) is 21.7. The van der Waals surface area contributed by atoms with E-state index < -0.39 is 0 Å². The van der Waals surface area contributed by atoms with E-state index in [-0.39, 0.29) is 12.1 Å². The monoisotopic (exact) mass is 473 g/mol. The highest BCUT2D eigenvalue weighted by molar-refractivity contribution is 7.80. The lowest BCUT2D eigenvalue weighted by Crippen LogP contribution is -2.29. The molecule has 0 radical (unpaired) electrons. The highest BCUT2D eigenvalue weighted by Crippen LogP contribution is 2.43. The smallest absolute Gasteiger partial charge is 0.174 e. The number of hydrogen-bond acceptors (Lipinski definition) is 3. The number of pyridine rings is 1. The van der Waals surface area contributed by atoms with E-state index in [0.717, 1.165) is 39.1 Å². The molecule has 2 aromatic carbocycles. The summed E-state index contributed by atoms with van der Waals surface area (Å²) >= 11 is 12.2. The zero-order valence-corrected chi connectivity index (χ0v) is 20.2. The fourth-order valence-electron chi connectivity index (χ4n) is 4.54. The fraction of sp³-hybridized carbons (Fsp3) is 0.185. The molecule has 33 heavy (non-hydrogen) atoms. The van der Waals surface area contributed by atoms with Crippen molar-refractivity contribution in [3.8, 4) is 11.3 Å². The van der Waals surface area contributed by atoms with E-state index in [0.29, 0.717) is 5.11 Å². The van der Waals surface area contributed by atoms with Crippen LogP contribution in [0.3, 0.4) is 0 Å². The Labute approximate surface area is 204 Å². The maximum absolute atomic E-state index is 6.47. The number of aromatic nitrogens is 1. The van der Waals surface area contributed by atoms with Gasteiger partial charge in [-0.1, -0.05) is 35.9 Å². The van der Waals surface area contributed by atoms with Crippen LogP contribution in [-0.4, -0.2) is 10.1 Å². The Morgan fingerprint density at radius 3 is 2.48 bits per heavy atom. The highest BCUT2D eigenvalue weighted by atomic mass is 35.5. The second-order valence-electron chi connectivity index (χ2n) is 8.46. The Bertz CT molecular complexity index is 1310. The molecule has 0 amide bonds. The largest absolute Gasteiger partial charge is 0.459 e. The Hall–Kier alpha value is -3.15. The molecule has 0 spiro atoms. The number of benzene rings is 2. The van der Waals surface area contributed by atoms with E-state index in [9.17, 15) is 0 Å². The van der Waals surface area contributed by atoms with Gasteiger partial charge < -0.3 is 14.6 Å². The van der Waals surface area contributed by atoms with Crippen LogP contribution in [0, 0.1) is 20.8 Å². The van der Waals surface area contributed by atoms with Gasteiger partial charge in [-0.2, -0.15) is 0 Å². The molecular weight excluding hydrogens is 450 g/mol. The molecule has 0 bridgehead atoms. The lowest BCUT2D eigenvalue weighted by Gasteiger charge is -2.26. The van der Waals surface area contributed by atoms with Crippen molar-refractivity contribution in [3.05, 3.63) is 106 Å². The van der Waals surface area contributed by atoms with Crippen molar-refractivity contribution in [2.75, 3.05) is 4.90 Å². The van der Waals surface area contributed by atoms with Crippen LogP contribution in [0.2, 0.25) is 5.02 Å². The first-order valence-electron chi connectivity index (χ1n) is 10.9. The molecule has 1 saturated heterocycles. The van der Waals surface area contributed by atoms with Crippen molar-refractivity contribution in [1.82, 2.24) is 10.3 Å². The molecule has 4 aromatic rings. The lowest BCUT2D eigenvalue weighted by molar-refractivity contribution is 0.439. The quantitative estimate of drug-likeness (QED) is 0.320. The Morgan fingerprint density at radius 1 is 0.970 bits per heavy atom. The van der Waals surface area contributed by atoms with Crippen LogP contribution in [-0.2, 0) is 0 Å². The van der Waals surface area contributed by atoms with E-state index >= 15 is 0 Å². The van der Waals surface area contributed by atoms with E-state index in [1.807, 2.05) is 55.5 Å². The van der Waals surface area contributed by atoms with Gasteiger partial charge >= 0.3 is 0 Å². The van der Waals surface area contributed by atoms with Crippen molar-refractivity contribution in [2.24, 2.45) is 0 Å². The molecule has 2 atom stereocenters. The third kappa shape index (κ3) is 4.03. The van der Waals surface area contributed by atoms with Crippen molar-refractivity contribution in [1.29, 1.82) is 0 Å². The van der Waals surface area contributed by atoms with Crippen LogP contribution in [0.5, 0.6) is 0 Å². The molecule has 1 fully saturated rings. The Kier molecular flexibility index (Phi) is 5.69. The van der Waals surface area contributed by atoms with Crippen molar-refractivity contribution < 1.29 is 4.42 Å². The molecule has 2 aromatic heterocycles. The lowest BCUT2D eigenvalue weighted by atomic mass is 10.0. The summed E-state index contributed by atoms with van der Waals surface area (Å²) in [5.74, 6) is 1.59. The molecule has 0 saturated carbocycles. The second kappa shape index (κ2) is 8.65. The Morgan fingerprint density at radius 2 is 1.76 bits per heavy atom. The first-order valence-corrected chi connectivity index (χ1v) is 11.6. The van der Waals surface area contributed by atoms with Gasteiger partial charge in [0.05, 0.1) is 11.7 Å². The summed E-state index contributed by atoms with van der Waals surface area (Å²) in [5, 5.41) is 4.86. The predicted octanol–water partition coefficient (Wildman–Crippen LogP) is 7.10. The molecule has 5 rings (SSSR count). The van der Waals surface area contributed by atoms with Crippen molar-refractivity contribution in [2.45, 2.75) is 32.9 Å². The molecule has 166 valence electrons. The number of nitrogens with one attached hydrogen (secondary N) is 1. The molecule has 3 heterocycles. The summed E-state index contributed by atoms with van der Waals surface area (Å²) in [4.78, 5) is 6.76. The van der Waals surface area contributed by atoms with Gasteiger partial charge in [0, 0.05) is 22.5 Å². The van der Waals surface area contributed by atoms with Gasteiger partial charge in [0.1, 0.15) is 17.6 Å². The van der Waals surface area contributed by atoms with Gasteiger partial charge in [0.2, 0.25) is 0 Å². The Balaban J connectivity index is 1.63. The summed E-state index contributed by atoms with van der Waals surface area (Å²) in [5.41, 5.74) is 6.28. The number of hydrogen-bond donors (Lipinski definition) is 1. The summed E-state index contributed by atoms with van der Waals surface area (Å²) < 4.78 is 6.47. The maximum atomic E-state index is 6.47. The number of thiocarbonyl (C=S) groups is 1. The molecule has 4 nitrogen and oxygen atoms in total. The molecule has 1 N–H and O–H groups in total. The fourth-order valence-corrected chi connectivity index (χ4v) is 5.06. The van der Waals surface area contributed by atoms with Crippen LogP contribution in [0.25, 0.3) is 11.3 Å². The highest BCUT2D eigenvalue weighted by Gasteiger charge is 2.42. The number of nitrogens with zero attached hydrogens (tertiary/aromatic N) is 2. The van der Waals surface area contributed by atoms with Crippen LogP contribution in [0.15, 0.2) is 77.3 Å². The number of anilines is 1. The third-order valence-corrected chi connectivity index (χ3v) is 6.76. The van der Waals surface area contributed by atoms with E-state index in [1.165, 1.54) is 11.1 Å². The second-order valence-corrected chi connectivity index (χ2v) is 9.25. The molecule has 1 aliphatic rings. The molecule has 0 unspecified atom stereocenters. The minimum Gasteiger partial charge on any atom is -0.459 e. The maximum Gasteiger partial charge on any atom is 0.174 e. The van der Waals surface area contributed by atoms with Gasteiger partial charge in [-0.25, -0.2) is 0 Å².